The molecule has 0 unspecified atom stereocenters. The van der Waals surface area contributed by atoms with Gasteiger partial charge in [-0.15, -0.1) is 5.10 Å². The van der Waals surface area contributed by atoms with Crippen molar-refractivity contribution in [2.75, 3.05) is 0 Å². The van der Waals surface area contributed by atoms with Gasteiger partial charge >= 0.3 is 0 Å². The Morgan fingerprint density at radius 1 is 1.05 bits per heavy atom. The summed E-state index contributed by atoms with van der Waals surface area (Å²) >= 11 is 11.4. The Kier molecular flexibility index (Phi) is 3.44. The maximum atomic E-state index is 12.3. The first-order chi connectivity index (χ1) is 10.1. The van der Waals surface area contributed by atoms with E-state index in [0.717, 1.165) is 9.36 Å². The molecule has 3 aromatic rings. The van der Waals surface area contributed by atoms with Gasteiger partial charge in [-0.05, 0) is 12.1 Å². The molecule has 21 heavy (non-hydrogen) atoms. The van der Waals surface area contributed by atoms with E-state index in [1.54, 1.807) is 24.3 Å². The van der Waals surface area contributed by atoms with Crippen LogP contribution in [0, 0.1) is 0 Å². The van der Waals surface area contributed by atoms with Crippen LogP contribution in [-0.2, 0) is 6.67 Å². The van der Waals surface area contributed by atoms with Crippen LogP contribution in [0.1, 0.15) is 0 Å². The summed E-state index contributed by atoms with van der Waals surface area (Å²) in [7, 11) is 0. The summed E-state index contributed by atoms with van der Waals surface area (Å²) in [5.41, 5.74) is -0.500. The van der Waals surface area contributed by atoms with Crippen LogP contribution < -0.4 is 11.1 Å². The van der Waals surface area contributed by atoms with Gasteiger partial charge in [0.2, 0.25) is 0 Å². The van der Waals surface area contributed by atoms with Crippen LogP contribution in [0.4, 0.5) is 0 Å². The lowest BCUT2D eigenvalue weighted by molar-refractivity contribution is 0.448. The number of hydrogen-bond acceptors (Lipinski definition) is 5. The molecule has 3 rings (SSSR count). The molecule has 0 aliphatic heterocycles. The molecule has 0 aliphatic rings. The van der Waals surface area contributed by atoms with E-state index in [0.29, 0.717) is 10.9 Å². The summed E-state index contributed by atoms with van der Waals surface area (Å²) in [5.74, 6) is 0. The van der Waals surface area contributed by atoms with Gasteiger partial charge in [-0.1, -0.05) is 40.5 Å². The van der Waals surface area contributed by atoms with Crippen LogP contribution >= 0.6 is 23.2 Å². The second-order valence-corrected chi connectivity index (χ2v) is 4.95. The van der Waals surface area contributed by atoms with Crippen LogP contribution in [0.5, 0.6) is 0 Å². The Morgan fingerprint density at radius 3 is 2.62 bits per heavy atom. The second kappa shape index (κ2) is 5.27. The zero-order valence-electron chi connectivity index (χ0n) is 10.4. The highest BCUT2D eigenvalue weighted by molar-refractivity contribution is 6.41. The van der Waals surface area contributed by atoms with E-state index >= 15 is 0 Å². The van der Waals surface area contributed by atoms with Gasteiger partial charge in [0.15, 0.2) is 0 Å². The van der Waals surface area contributed by atoms with Gasteiger partial charge in [0.05, 0.1) is 16.6 Å². The smallest absolute Gasteiger partial charge is 0.267 e. The first-order valence-electron chi connectivity index (χ1n) is 5.81. The summed E-state index contributed by atoms with van der Waals surface area (Å²) in [6.07, 6.45) is 1.23. The monoisotopic (exact) mass is 323 g/mol. The summed E-state index contributed by atoms with van der Waals surface area (Å²) < 4.78 is 2.01. The molecule has 7 nitrogen and oxygen atoms in total. The zero-order valence-corrected chi connectivity index (χ0v) is 11.9. The highest BCUT2D eigenvalue weighted by Gasteiger charge is 2.10. The Balaban J connectivity index is 2.11. The number of benzene rings is 1. The van der Waals surface area contributed by atoms with Crippen LogP contribution in [0.25, 0.3) is 10.9 Å². The van der Waals surface area contributed by atoms with E-state index in [1.165, 1.54) is 6.20 Å². The quantitative estimate of drug-likeness (QED) is 0.706. The van der Waals surface area contributed by atoms with E-state index in [-0.39, 0.29) is 22.3 Å². The third-order valence-electron chi connectivity index (χ3n) is 2.84. The van der Waals surface area contributed by atoms with E-state index in [1.807, 2.05) is 0 Å². The maximum Gasteiger partial charge on any atom is 0.288 e. The molecule has 0 N–H and O–H groups in total. The van der Waals surface area contributed by atoms with Gasteiger partial charge in [0.1, 0.15) is 17.2 Å². The third-order valence-corrected chi connectivity index (χ3v) is 3.59. The molecule has 0 fully saturated rings. The maximum absolute atomic E-state index is 12.3. The fourth-order valence-electron chi connectivity index (χ4n) is 1.79. The van der Waals surface area contributed by atoms with Gasteiger partial charge < -0.3 is 0 Å². The van der Waals surface area contributed by atoms with Crippen molar-refractivity contribution in [3.63, 3.8) is 0 Å². The molecule has 0 bridgehead atoms. The number of nitrogens with zero attached hydrogens (tertiary/aromatic N) is 5. The van der Waals surface area contributed by atoms with Crippen molar-refractivity contribution >= 4 is 34.1 Å². The van der Waals surface area contributed by atoms with E-state index in [9.17, 15) is 9.59 Å². The summed E-state index contributed by atoms with van der Waals surface area (Å²) in [6.45, 7) is -0.202. The van der Waals surface area contributed by atoms with Crippen molar-refractivity contribution in [2.45, 2.75) is 6.67 Å². The molecular weight excluding hydrogens is 317 g/mol. The van der Waals surface area contributed by atoms with Crippen molar-refractivity contribution in [2.24, 2.45) is 0 Å². The average Bonchev–Trinajstić information content (AvgIpc) is 2.50. The van der Waals surface area contributed by atoms with E-state index in [2.05, 4.69) is 15.4 Å². The molecule has 0 atom stereocenters. The lowest BCUT2D eigenvalue weighted by atomic mass is 10.2. The lowest BCUT2D eigenvalue weighted by Gasteiger charge is -2.07. The molecule has 2 heterocycles. The molecule has 106 valence electrons. The normalized spacial score (nSPS) is 11.0. The molecule has 0 saturated heterocycles. The lowest BCUT2D eigenvalue weighted by Crippen LogP contribution is -2.33. The van der Waals surface area contributed by atoms with Crippen LogP contribution in [-0.4, -0.2) is 24.8 Å². The van der Waals surface area contributed by atoms with Gasteiger partial charge in [-0.2, -0.15) is 9.78 Å². The fourth-order valence-corrected chi connectivity index (χ4v) is 2.06. The topological polar surface area (TPSA) is 82.7 Å². The van der Waals surface area contributed by atoms with Gasteiger partial charge in [0, 0.05) is 0 Å². The fraction of sp³-hybridized carbons (Fsp3) is 0.0833. The predicted molar refractivity (Wildman–Crippen MR) is 77.7 cm³/mol. The average molecular weight is 324 g/mol. The molecule has 0 amide bonds. The summed E-state index contributed by atoms with van der Waals surface area (Å²) in [4.78, 5) is 24.1. The Labute approximate surface area is 127 Å². The van der Waals surface area contributed by atoms with Crippen molar-refractivity contribution in [3.05, 3.63) is 61.2 Å². The highest BCUT2D eigenvalue weighted by Crippen LogP contribution is 2.14. The van der Waals surface area contributed by atoms with Gasteiger partial charge in [0.25, 0.3) is 11.1 Å². The Hall–Kier alpha value is -2.25. The third kappa shape index (κ3) is 2.41. The number of rotatable bonds is 2. The van der Waals surface area contributed by atoms with Crippen molar-refractivity contribution in [1.29, 1.82) is 0 Å². The van der Waals surface area contributed by atoms with Crippen molar-refractivity contribution < 1.29 is 0 Å². The Morgan fingerprint density at radius 2 is 1.81 bits per heavy atom. The summed E-state index contributed by atoms with van der Waals surface area (Å²) in [5, 5.41) is 11.8. The minimum Gasteiger partial charge on any atom is -0.267 e. The largest absolute Gasteiger partial charge is 0.288 e. The number of hydrogen-bond donors (Lipinski definition) is 0. The molecule has 1 aromatic carbocycles. The van der Waals surface area contributed by atoms with Crippen LogP contribution in [0.2, 0.25) is 10.0 Å². The number of fused-ring (bicyclic) bond motifs is 1. The first kappa shape index (κ1) is 13.7. The van der Waals surface area contributed by atoms with E-state index in [4.69, 9.17) is 23.2 Å². The molecule has 0 saturated carbocycles. The van der Waals surface area contributed by atoms with Gasteiger partial charge in [-0.3, -0.25) is 9.59 Å². The number of halogens is 2. The minimum absolute atomic E-state index is 0.0508. The second-order valence-electron chi connectivity index (χ2n) is 4.16. The van der Waals surface area contributed by atoms with Crippen molar-refractivity contribution in [3.8, 4) is 0 Å². The molecule has 2 aromatic heterocycles. The van der Waals surface area contributed by atoms with Crippen LogP contribution in [0.3, 0.4) is 0 Å². The zero-order chi connectivity index (χ0) is 15.0. The Bertz CT molecular complexity index is 950. The standard InChI is InChI=1S/C12H7Cl2N5O2/c13-8-5-15-18(12(21)10(8)14)6-19-11(20)7-3-1-2-4-9(7)16-17-19/h1-5H,6H2. The highest BCUT2D eigenvalue weighted by atomic mass is 35.5. The minimum atomic E-state index is -0.606. The predicted octanol–water partition coefficient (Wildman–Crippen LogP) is 1.16. The van der Waals surface area contributed by atoms with Crippen molar-refractivity contribution in [1.82, 2.24) is 24.8 Å². The SMILES string of the molecule is O=c1c(Cl)c(Cl)cnn1Cn1nnc2ccccc2c1=O. The molecular formula is C12H7Cl2N5O2. The molecule has 0 radical (unpaired) electrons. The first-order valence-corrected chi connectivity index (χ1v) is 6.57. The summed E-state index contributed by atoms with van der Waals surface area (Å²) in [6, 6.07) is 6.79. The van der Waals surface area contributed by atoms with Crippen LogP contribution in [0.15, 0.2) is 40.1 Å². The van der Waals surface area contributed by atoms with Gasteiger partial charge in [-0.25, -0.2) is 4.68 Å². The molecule has 0 spiro atoms. The number of aromatic nitrogens is 5. The molecule has 9 heteroatoms. The van der Waals surface area contributed by atoms with E-state index < -0.39 is 5.56 Å². The molecule has 0 aliphatic carbocycles.